The number of amides is 1. The molecule has 8 heteroatoms. The van der Waals surface area contributed by atoms with Crippen LogP contribution in [0, 0.1) is 0 Å². The second-order valence-electron chi connectivity index (χ2n) is 4.51. The van der Waals surface area contributed by atoms with Crippen LogP contribution in [0.4, 0.5) is 6.01 Å². The molecule has 1 amide bonds. The first-order valence-electron chi connectivity index (χ1n) is 6.23. The van der Waals surface area contributed by atoms with Gasteiger partial charge in [0.2, 0.25) is 10.0 Å². The summed E-state index contributed by atoms with van der Waals surface area (Å²) in [6, 6.07) is 12.6. The van der Waals surface area contributed by atoms with Gasteiger partial charge in [0.25, 0.3) is 5.91 Å². The molecule has 3 rings (SSSR count). The van der Waals surface area contributed by atoms with Gasteiger partial charge in [-0.05, 0) is 30.3 Å². The van der Waals surface area contributed by atoms with Crippen LogP contribution in [0.15, 0.2) is 57.8 Å². The quantitative estimate of drug-likeness (QED) is 0.763. The molecule has 0 saturated carbocycles. The van der Waals surface area contributed by atoms with Gasteiger partial charge in [0.15, 0.2) is 5.58 Å². The van der Waals surface area contributed by atoms with Crippen molar-refractivity contribution in [2.45, 2.75) is 4.90 Å². The van der Waals surface area contributed by atoms with Crippen molar-refractivity contribution in [3.63, 3.8) is 0 Å². The van der Waals surface area contributed by atoms with Crippen molar-refractivity contribution < 1.29 is 17.6 Å². The fraction of sp³-hybridized carbons (Fsp3) is 0. The SMILES string of the molecule is NS(=O)(=O)c1ccc2oc(NC(=O)c3ccccc3)nc2c1. The number of carbonyl (C=O) groups excluding carboxylic acids is 1. The van der Waals surface area contributed by atoms with Gasteiger partial charge >= 0.3 is 6.01 Å². The van der Waals surface area contributed by atoms with Crippen LogP contribution in [0.5, 0.6) is 0 Å². The van der Waals surface area contributed by atoms with Gasteiger partial charge in [-0.3, -0.25) is 10.1 Å². The Labute approximate surface area is 125 Å². The summed E-state index contributed by atoms with van der Waals surface area (Å²) in [5, 5.41) is 7.56. The lowest BCUT2D eigenvalue weighted by atomic mass is 10.2. The van der Waals surface area contributed by atoms with Crippen LogP contribution in [0.2, 0.25) is 0 Å². The van der Waals surface area contributed by atoms with Gasteiger partial charge in [0, 0.05) is 5.56 Å². The number of fused-ring (bicyclic) bond motifs is 1. The van der Waals surface area contributed by atoms with Crippen LogP contribution in [0.1, 0.15) is 10.4 Å². The number of nitrogens with zero attached hydrogens (tertiary/aromatic N) is 1. The van der Waals surface area contributed by atoms with E-state index in [1.807, 2.05) is 0 Å². The highest BCUT2D eigenvalue weighted by atomic mass is 32.2. The number of hydrogen-bond acceptors (Lipinski definition) is 5. The maximum Gasteiger partial charge on any atom is 0.302 e. The lowest BCUT2D eigenvalue weighted by Crippen LogP contribution is -2.12. The Bertz CT molecular complexity index is 949. The van der Waals surface area contributed by atoms with Gasteiger partial charge in [-0.2, -0.15) is 4.98 Å². The molecule has 0 aliphatic heterocycles. The average Bonchev–Trinajstić information content (AvgIpc) is 2.88. The summed E-state index contributed by atoms with van der Waals surface area (Å²) in [4.78, 5) is 15.9. The molecule has 0 spiro atoms. The van der Waals surface area contributed by atoms with E-state index in [9.17, 15) is 13.2 Å². The molecule has 0 unspecified atom stereocenters. The average molecular weight is 317 g/mol. The van der Waals surface area contributed by atoms with Gasteiger partial charge in [-0.15, -0.1) is 0 Å². The Morgan fingerprint density at radius 3 is 2.55 bits per heavy atom. The minimum absolute atomic E-state index is 0.0181. The van der Waals surface area contributed by atoms with Crippen LogP contribution in [-0.4, -0.2) is 19.3 Å². The third-order valence-electron chi connectivity index (χ3n) is 2.94. The van der Waals surface area contributed by atoms with Crippen LogP contribution < -0.4 is 10.5 Å². The van der Waals surface area contributed by atoms with E-state index >= 15 is 0 Å². The van der Waals surface area contributed by atoms with Gasteiger partial charge in [0.05, 0.1) is 4.90 Å². The molecule has 0 aliphatic rings. The molecule has 0 radical (unpaired) electrons. The molecule has 22 heavy (non-hydrogen) atoms. The zero-order valence-corrected chi connectivity index (χ0v) is 12.0. The normalized spacial score (nSPS) is 11.5. The van der Waals surface area contributed by atoms with Crippen molar-refractivity contribution in [2.75, 3.05) is 5.32 Å². The highest BCUT2D eigenvalue weighted by molar-refractivity contribution is 7.89. The number of rotatable bonds is 3. The Morgan fingerprint density at radius 1 is 1.14 bits per heavy atom. The largest absolute Gasteiger partial charge is 0.423 e. The van der Waals surface area contributed by atoms with Crippen LogP contribution in [0.25, 0.3) is 11.1 Å². The van der Waals surface area contributed by atoms with Crippen molar-refractivity contribution in [3.8, 4) is 0 Å². The second-order valence-corrected chi connectivity index (χ2v) is 6.08. The summed E-state index contributed by atoms with van der Waals surface area (Å²) in [5.41, 5.74) is 1.08. The first-order chi connectivity index (χ1) is 10.4. The smallest absolute Gasteiger partial charge is 0.302 e. The monoisotopic (exact) mass is 317 g/mol. The molecule has 0 bridgehead atoms. The molecule has 1 aromatic heterocycles. The zero-order chi connectivity index (χ0) is 15.7. The van der Waals surface area contributed by atoms with Crippen molar-refractivity contribution in [3.05, 3.63) is 54.1 Å². The number of nitrogens with two attached hydrogens (primary N) is 1. The van der Waals surface area contributed by atoms with E-state index in [1.165, 1.54) is 18.2 Å². The summed E-state index contributed by atoms with van der Waals surface area (Å²) >= 11 is 0. The lowest BCUT2D eigenvalue weighted by molar-refractivity contribution is 0.102. The van der Waals surface area contributed by atoms with E-state index < -0.39 is 10.0 Å². The Balaban J connectivity index is 1.91. The summed E-state index contributed by atoms with van der Waals surface area (Å²) in [5.74, 6) is -0.376. The number of nitrogens with one attached hydrogen (secondary N) is 1. The second kappa shape index (κ2) is 5.24. The molecule has 1 heterocycles. The summed E-state index contributed by atoms with van der Waals surface area (Å²) in [6.45, 7) is 0. The van der Waals surface area contributed by atoms with Crippen LogP contribution in [-0.2, 0) is 10.0 Å². The first kappa shape index (κ1) is 14.2. The van der Waals surface area contributed by atoms with E-state index in [-0.39, 0.29) is 22.3 Å². The third-order valence-corrected chi connectivity index (χ3v) is 3.86. The molecule has 0 aliphatic carbocycles. The topological polar surface area (TPSA) is 115 Å². The third kappa shape index (κ3) is 2.83. The number of sulfonamides is 1. The lowest BCUT2D eigenvalue weighted by Gasteiger charge is -1.99. The number of carbonyl (C=O) groups is 1. The maximum atomic E-state index is 12.0. The molecule has 112 valence electrons. The number of benzene rings is 2. The maximum absolute atomic E-state index is 12.0. The van der Waals surface area contributed by atoms with E-state index in [0.29, 0.717) is 11.1 Å². The number of aromatic nitrogens is 1. The van der Waals surface area contributed by atoms with Gasteiger partial charge < -0.3 is 4.42 Å². The Hall–Kier alpha value is -2.71. The van der Waals surface area contributed by atoms with E-state index in [2.05, 4.69) is 10.3 Å². The van der Waals surface area contributed by atoms with Gasteiger partial charge in [-0.25, -0.2) is 13.6 Å². The molecule has 2 aromatic carbocycles. The van der Waals surface area contributed by atoms with E-state index in [4.69, 9.17) is 9.56 Å². The Morgan fingerprint density at radius 2 is 1.86 bits per heavy atom. The van der Waals surface area contributed by atoms with Gasteiger partial charge in [-0.1, -0.05) is 18.2 Å². The molecular formula is C14H11N3O4S. The van der Waals surface area contributed by atoms with Crippen LogP contribution >= 0.6 is 0 Å². The fourth-order valence-corrected chi connectivity index (χ4v) is 2.43. The number of hydrogen-bond donors (Lipinski definition) is 2. The predicted molar refractivity (Wildman–Crippen MR) is 79.8 cm³/mol. The standard InChI is InChI=1S/C14H11N3O4S/c15-22(19,20)10-6-7-12-11(8-10)16-14(21-12)17-13(18)9-4-2-1-3-5-9/h1-8H,(H2,15,19,20)(H,16,17,18). The summed E-state index contributed by atoms with van der Waals surface area (Å²) < 4.78 is 27.9. The van der Waals surface area contributed by atoms with Crippen LogP contribution in [0.3, 0.4) is 0 Å². The zero-order valence-electron chi connectivity index (χ0n) is 11.2. The van der Waals surface area contributed by atoms with Crippen molar-refractivity contribution >= 4 is 33.0 Å². The molecule has 3 N–H and O–H groups in total. The number of primary sulfonamides is 1. The number of oxazole rings is 1. The van der Waals surface area contributed by atoms with E-state index in [1.54, 1.807) is 30.3 Å². The fourth-order valence-electron chi connectivity index (χ4n) is 1.90. The predicted octanol–water partition coefficient (Wildman–Crippen LogP) is 1.73. The van der Waals surface area contributed by atoms with Crippen molar-refractivity contribution in [2.24, 2.45) is 5.14 Å². The first-order valence-corrected chi connectivity index (χ1v) is 7.78. The molecule has 0 fully saturated rings. The minimum Gasteiger partial charge on any atom is -0.423 e. The van der Waals surface area contributed by atoms with Crippen molar-refractivity contribution in [1.82, 2.24) is 4.98 Å². The number of anilines is 1. The molecule has 0 atom stereocenters. The van der Waals surface area contributed by atoms with E-state index in [0.717, 1.165) is 0 Å². The summed E-state index contributed by atoms with van der Waals surface area (Å²) in [6.07, 6.45) is 0. The molecular weight excluding hydrogens is 306 g/mol. The van der Waals surface area contributed by atoms with Crippen molar-refractivity contribution in [1.29, 1.82) is 0 Å². The highest BCUT2D eigenvalue weighted by Crippen LogP contribution is 2.22. The van der Waals surface area contributed by atoms with Gasteiger partial charge in [0.1, 0.15) is 5.52 Å². The molecule has 0 saturated heterocycles. The molecule has 7 nitrogen and oxygen atoms in total. The minimum atomic E-state index is -3.82. The summed E-state index contributed by atoms with van der Waals surface area (Å²) in [7, 11) is -3.82. The highest BCUT2D eigenvalue weighted by Gasteiger charge is 2.14. The molecule has 3 aromatic rings. The Kier molecular flexibility index (Phi) is 3.39.